The van der Waals surface area contributed by atoms with E-state index in [-0.39, 0.29) is 17.1 Å². The van der Waals surface area contributed by atoms with Gasteiger partial charge < -0.3 is 5.73 Å². The number of nitrogens with one attached hydrogen (secondary N) is 1. The number of amides is 2. The molecule has 0 saturated heterocycles. The van der Waals surface area contributed by atoms with Gasteiger partial charge in [0, 0.05) is 12.4 Å². The quantitative estimate of drug-likeness (QED) is 0.660. The second kappa shape index (κ2) is 8.72. The molecule has 162 valence electrons. The number of halogens is 3. The molecule has 0 aromatic carbocycles. The summed E-state index contributed by atoms with van der Waals surface area (Å²) in [5.41, 5.74) is 1.81. The lowest BCUT2D eigenvalue weighted by Crippen LogP contribution is -2.58. The Hall–Kier alpha value is -3.47. The number of carbonyl (C=O) groups excluding carboxylic acids is 2. The largest absolute Gasteiger partial charge is 0.369 e. The number of rotatable bonds is 8. The average molecular weight is 432 g/mol. The average Bonchev–Trinajstić information content (AvgIpc) is 2.75. The summed E-state index contributed by atoms with van der Waals surface area (Å²) in [5.74, 6) is -5.50. The van der Waals surface area contributed by atoms with E-state index in [1.54, 1.807) is 0 Å². The molecule has 2 atom stereocenters. The van der Waals surface area contributed by atoms with E-state index >= 15 is 4.39 Å². The topological polar surface area (TPSA) is 123 Å². The van der Waals surface area contributed by atoms with E-state index in [0.29, 0.717) is 0 Å². The van der Waals surface area contributed by atoms with Gasteiger partial charge in [-0.3, -0.25) is 29.9 Å². The van der Waals surface area contributed by atoms with Crippen molar-refractivity contribution in [1.82, 2.24) is 15.3 Å². The van der Waals surface area contributed by atoms with Gasteiger partial charge in [0.2, 0.25) is 11.6 Å². The molecule has 2 aromatic heterocycles. The number of nitrogens with two attached hydrogens (primary N) is 1. The predicted molar refractivity (Wildman–Crippen MR) is 106 cm³/mol. The lowest BCUT2D eigenvalue weighted by Gasteiger charge is -2.35. The first-order valence-corrected chi connectivity index (χ1v) is 9.22. The normalized spacial score (nSPS) is 20.1. The minimum atomic E-state index is -3.56. The molecule has 0 spiro atoms. The first-order chi connectivity index (χ1) is 14.7. The fraction of sp³-hybridized carbons (Fsp3) is 0.300. The molecule has 3 N–H and O–H groups in total. The molecule has 1 aliphatic heterocycles. The Morgan fingerprint density at radius 3 is 2.45 bits per heavy atom. The summed E-state index contributed by atoms with van der Waals surface area (Å²) in [4.78, 5) is 39.5. The van der Waals surface area contributed by atoms with Crippen LogP contribution in [0.2, 0.25) is 0 Å². The number of hydrogen-bond acceptors (Lipinski definition) is 6. The third-order valence-electron chi connectivity index (χ3n) is 4.60. The zero-order chi connectivity index (χ0) is 22.6. The molecular weight excluding hydrogens is 413 g/mol. The summed E-state index contributed by atoms with van der Waals surface area (Å²) in [6.07, 6.45) is -0.251. The monoisotopic (exact) mass is 432 g/mol. The molecule has 31 heavy (non-hydrogen) atoms. The van der Waals surface area contributed by atoms with Crippen molar-refractivity contribution in [3.63, 3.8) is 0 Å². The molecule has 0 fully saturated rings. The van der Waals surface area contributed by atoms with E-state index in [2.05, 4.69) is 25.3 Å². The molecule has 0 aliphatic carbocycles. The van der Waals surface area contributed by atoms with Crippen molar-refractivity contribution in [1.29, 1.82) is 0 Å². The second-order valence-electron chi connectivity index (χ2n) is 6.86. The third-order valence-corrected chi connectivity index (χ3v) is 4.60. The van der Waals surface area contributed by atoms with Crippen molar-refractivity contribution in [2.24, 2.45) is 15.7 Å². The Bertz CT molecular complexity index is 1030. The molecule has 11 heteroatoms. The van der Waals surface area contributed by atoms with Gasteiger partial charge in [0.15, 0.2) is 6.17 Å². The molecule has 0 saturated carbocycles. The molecule has 0 bridgehead atoms. The van der Waals surface area contributed by atoms with Crippen LogP contribution in [0.25, 0.3) is 0 Å². The van der Waals surface area contributed by atoms with Crippen LogP contribution >= 0.6 is 0 Å². The minimum Gasteiger partial charge on any atom is -0.369 e. The first-order valence-electron chi connectivity index (χ1n) is 9.22. The molecule has 2 aromatic rings. The molecule has 3 heterocycles. The Labute approximate surface area is 175 Å². The Kier molecular flexibility index (Phi) is 6.25. The van der Waals surface area contributed by atoms with Crippen molar-refractivity contribution < 1.29 is 22.8 Å². The van der Waals surface area contributed by atoms with Gasteiger partial charge in [0.25, 0.3) is 5.91 Å². The summed E-state index contributed by atoms with van der Waals surface area (Å²) in [6, 6.07) is 8.23. The lowest BCUT2D eigenvalue weighted by atomic mass is 9.96. The summed E-state index contributed by atoms with van der Waals surface area (Å²) in [7, 11) is 0. The smallest absolute Gasteiger partial charge is 0.301 e. The van der Waals surface area contributed by atoms with Crippen molar-refractivity contribution in [2.75, 3.05) is 6.54 Å². The van der Waals surface area contributed by atoms with Crippen LogP contribution in [0.4, 0.5) is 13.2 Å². The Morgan fingerprint density at radius 1 is 1.19 bits per heavy atom. The van der Waals surface area contributed by atoms with Crippen molar-refractivity contribution in [3.8, 4) is 0 Å². The highest BCUT2D eigenvalue weighted by Gasteiger charge is 2.52. The summed E-state index contributed by atoms with van der Waals surface area (Å²) >= 11 is 0. The molecule has 8 nitrogen and oxygen atoms in total. The van der Waals surface area contributed by atoms with Gasteiger partial charge in [-0.2, -0.15) is 8.78 Å². The number of aliphatic imine (C=N–C) groups is 2. The van der Waals surface area contributed by atoms with Crippen molar-refractivity contribution >= 4 is 23.2 Å². The van der Waals surface area contributed by atoms with E-state index < -0.39 is 48.2 Å². The number of carbonyl (C=O) groups is 2. The molecule has 0 radical (unpaired) electrons. The van der Waals surface area contributed by atoms with Crippen LogP contribution in [0, 0.1) is 0 Å². The lowest BCUT2D eigenvalue weighted by molar-refractivity contribution is -0.128. The van der Waals surface area contributed by atoms with E-state index in [9.17, 15) is 18.4 Å². The molecule has 3 rings (SSSR count). The van der Waals surface area contributed by atoms with Crippen LogP contribution in [-0.4, -0.2) is 45.4 Å². The number of pyridine rings is 2. The van der Waals surface area contributed by atoms with E-state index in [0.717, 1.165) is 6.07 Å². The zero-order valence-electron chi connectivity index (χ0n) is 16.4. The highest BCUT2D eigenvalue weighted by molar-refractivity contribution is 6.46. The highest BCUT2D eigenvalue weighted by Crippen LogP contribution is 2.35. The maximum absolute atomic E-state index is 15.6. The fourth-order valence-electron chi connectivity index (χ4n) is 3.00. The van der Waals surface area contributed by atoms with Crippen LogP contribution in [0.15, 0.2) is 58.8 Å². The van der Waals surface area contributed by atoms with Gasteiger partial charge >= 0.3 is 5.92 Å². The van der Waals surface area contributed by atoms with Gasteiger partial charge in [0.1, 0.15) is 5.69 Å². The predicted octanol–water partition coefficient (Wildman–Crippen LogP) is 1.88. The number of primary amides is 1. The minimum absolute atomic E-state index is 0.0472. The number of aromatic nitrogens is 2. The zero-order valence-corrected chi connectivity index (χ0v) is 16.4. The first kappa shape index (κ1) is 22.2. The van der Waals surface area contributed by atoms with E-state index in [1.165, 1.54) is 49.6 Å². The number of nitrogens with zero attached hydrogens (tertiary/aromatic N) is 4. The molecule has 2 unspecified atom stereocenters. The van der Waals surface area contributed by atoms with Crippen LogP contribution in [0.3, 0.4) is 0 Å². The van der Waals surface area contributed by atoms with Gasteiger partial charge in [-0.1, -0.05) is 12.1 Å². The number of hydrogen-bond donors (Lipinski definition) is 2. The van der Waals surface area contributed by atoms with Crippen LogP contribution < -0.4 is 11.1 Å². The maximum atomic E-state index is 15.6. The fourth-order valence-corrected chi connectivity index (χ4v) is 3.00. The molecular formula is C20H19F3N6O2. The molecule has 2 amide bonds. The Morgan fingerprint density at radius 2 is 1.87 bits per heavy atom. The summed E-state index contributed by atoms with van der Waals surface area (Å²) < 4.78 is 45.1. The van der Waals surface area contributed by atoms with Crippen molar-refractivity contribution in [2.45, 2.75) is 31.1 Å². The number of alkyl halides is 3. The highest BCUT2D eigenvalue weighted by atomic mass is 19.3. The van der Waals surface area contributed by atoms with Gasteiger partial charge in [0.05, 0.1) is 30.1 Å². The van der Waals surface area contributed by atoms with E-state index in [1.807, 2.05) is 0 Å². The van der Waals surface area contributed by atoms with Gasteiger partial charge in [-0.15, -0.1) is 0 Å². The van der Waals surface area contributed by atoms with Crippen LogP contribution in [-0.2, 0) is 15.5 Å². The SMILES string of the molecule is CC1=NC(=O)C(NCC(F)(F)c2ccccn2)(C(F)c2ccccn2)N=C1CC(N)=O. The van der Waals surface area contributed by atoms with E-state index in [4.69, 9.17) is 5.73 Å². The maximum Gasteiger partial charge on any atom is 0.301 e. The van der Waals surface area contributed by atoms with Gasteiger partial charge in [-0.25, -0.2) is 9.38 Å². The third kappa shape index (κ3) is 4.66. The van der Waals surface area contributed by atoms with Crippen LogP contribution in [0.1, 0.15) is 30.9 Å². The second-order valence-corrected chi connectivity index (χ2v) is 6.86. The Balaban J connectivity index is 2.03. The molecule has 1 aliphatic rings. The van der Waals surface area contributed by atoms with Crippen molar-refractivity contribution in [3.05, 3.63) is 60.2 Å². The summed E-state index contributed by atoms with van der Waals surface area (Å²) in [6.45, 7) is 0.213. The standard InChI is InChI=1S/C20H19F3N6O2/c1-12-14(10-16(24)30)29-20(18(31)28-12,17(21)13-6-2-4-8-25-13)27-11-19(22,23)15-7-3-5-9-26-15/h2-9,17,27H,10-11H2,1H3,(H2,24,30). The van der Waals surface area contributed by atoms with Gasteiger partial charge in [-0.05, 0) is 31.2 Å². The summed E-state index contributed by atoms with van der Waals surface area (Å²) in [5, 5.41) is 2.24. The van der Waals surface area contributed by atoms with Crippen LogP contribution in [0.5, 0.6) is 0 Å².